The lowest BCUT2D eigenvalue weighted by atomic mass is 10.2. The summed E-state index contributed by atoms with van der Waals surface area (Å²) in [5.74, 6) is 2.61. The number of terminal acetylenes is 1. The quantitative estimate of drug-likeness (QED) is 0.720. The molecule has 0 aliphatic rings. The molecular weight excluding hydrogens is 246 g/mol. The number of benzene rings is 1. The molecule has 0 aromatic heterocycles. The van der Waals surface area contributed by atoms with E-state index in [1.54, 1.807) is 0 Å². The van der Waals surface area contributed by atoms with Crippen LogP contribution >= 0.6 is 11.6 Å². The first-order chi connectivity index (χ1) is 8.67. The third-order valence-electron chi connectivity index (χ3n) is 2.59. The van der Waals surface area contributed by atoms with Gasteiger partial charge in [0, 0.05) is 31.0 Å². The molecule has 1 aromatic rings. The Morgan fingerprint density at radius 3 is 2.89 bits per heavy atom. The van der Waals surface area contributed by atoms with Crippen LogP contribution < -0.4 is 0 Å². The molecule has 1 amide bonds. The van der Waals surface area contributed by atoms with Gasteiger partial charge in [-0.1, -0.05) is 30.7 Å². The number of rotatable bonds is 6. The van der Waals surface area contributed by atoms with Crippen molar-refractivity contribution in [3.63, 3.8) is 0 Å². The van der Waals surface area contributed by atoms with E-state index in [4.69, 9.17) is 18.0 Å². The number of halogens is 1. The van der Waals surface area contributed by atoms with Crippen LogP contribution in [0, 0.1) is 12.3 Å². The normalized spacial score (nSPS) is 9.83. The van der Waals surface area contributed by atoms with Crippen LogP contribution in [-0.4, -0.2) is 17.4 Å². The SMILES string of the molecule is C#CCCC(=O)N(CCC)Cc1cccc(Cl)c1. The molecule has 96 valence electrons. The molecule has 0 N–H and O–H groups in total. The first-order valence-corrected chi connectivity index (χ1v) is 6.50. The average molecular weight is 264 g/mol. The maximum Gasteiger partial charge on any atom is 0.223 e. The molecule has 0 bridgehead atoms. The second-order valence-corrected chi connectivity index (χ2v) is 4.59. The highest BCUT2D eigenvalue weighted by Crippen LogP contribution is 2.13. The Bertz CT molecular complexity index is 436. The van der Waals surface area contributed by atoms with Crippen LogP contribution in [0.4, 0.5) is 0 Å². The molecule has 0 aliphatic carbocycles. The third-order valence-corrected chi connectivity index (χ3v) is 2.83. The van der Waals surface area contributed by atoms with Gasteiger partial charge in [-0.15, -0.1) is 12.3 Å². The van der Waals surface area contributed by atoms with E-state index < -0.39 is 0 Å². The van der Waals surface area contributed by atoms with Gasteiger partial charge in [0.1, 0.15) is 0 Å². The van der Waals surface area contributed by atoms with Crippen molar-refractivity contribution in [2.75, 3.05) is 6.54 Å². The van der Waals surface area contributed by atoms with E-state index in [-0.39, 0.29) is 5.91 Å². The van der Waals surface area contributed by atoms with Crippen LogP contribution in [0.15, 0.2) is 24.3 Å². The first kappa shape index (κ1) is 14.6. The van der Waals surface area contributed by atoms with Gasteiger partial charge in [-0.3, -0.25) is 4.79 Å². The van der Waals surface area contributed by atoms with Crippen molar-refractivity contribution in [1.82, 2.24) is 4.90 Å². The minimum absolute atomic E-state index is 0.106. The Hall–Kier alpha value is -1.46. The van der Waals surface area contributed by atoms with Crippen LogP contribution in [0.5, 0.6) is 0 Å². The molecule has 0 radical (unpaired) electrons. The highest BCUT2D eigenvalue weighted by molar-refractivity contribution is 6.30. The molecule has 0 heterocycles. The zero-order valence-corrected chi connectivity index (χ0v) is 11.4. The van der Waals surface area contributed by atoms with Crippen molar-refractivity contribution in [3.05, 3.63) is 34.9 Å². The maximum atomic E-state index is 12.0. The molecule has 0 atom stereocenters. The van der Waals surface area contributed by atoms with Crippen LogP contribution in [0.25, 0.3) is 0 Å². The van der Waals surface area contributed by atoms with Gasteiger partial charge in [0.25, 0.3) is 0 Å². The Morgan fingerprint density at radius 1 is 1.50 bits per heavy atom. The number of carbonyl (C=O) groups is 1. The highest BCUT2D eigenvalue weighted by Gasteiger charge is 2.12. The van der Waals surface area contributed by atoms with E-state index in [0.717, 1.165) is 18.5 Å². The molecule has 1 rings (SSSR count). The van der Waals surface area contributed by atoms with Gasteiger partial charge in [0.05, 0.1) is 0 Å². The lowest BCUT2D eigenvalue weighted by Gasteiger charge is -2.22. The van der Waals surface area contributed by atoms with E-state index in [0.29, 0.717) is 24.4 Å². The van der Waals surface area contributed by atoms with Gasteiger partial charge in [-0.2, -0.15) is 0 Å². The van der Waals surface area contributed by atoms with Crippen molar-refractivity contribution in [3.8, 4) is 12.3 Å². The molecular formula is C15H18ClNO. The molecule has 0 aliphatic heterocycles. The maximum absolute atomic E-state index is 12.0. The lowest BCUT2D eigenvalue weighted by molar-refractivity contribution is -0.131. The smallest absolute Gasteiger partial charge is 0.223 e. The lowest BCUT2D eigenvalue weighted by Crippen LogP contribution is -2.31. The van der Waals surface area contributed by atoms with Gasteiger partial charge < -0.3 is 4.90 Å². The molecule has 3 heteroatoms. The minimum Gasteiger partial charge on any atom is -0.338 e. The van der Waals surface area contributed by atoms with E-state index >= 15 is 0 Å². The van der Waals surface area contributed by atoms with Crippen molar-refractivity contribution >= 4 is 17.5 Å². The summed E-state index contributed by atoms with van der Waals surface area (Å²) in [5, 5.41) is 0.694. The number of hydrogen-bond acceptors (Lipinski definition) is 1. The van der Waals surface area contributed by atoms with Gasteiger partial charge in [-0.05, 0) is 24.1 Å². The predicted molar refractivity (Wildman–Crippen MR) is 75.2 cm³/mol. The molecule has 0 spiro atoms. The summed E-state index contributed by atoms with van der Waals surface area (Å²) in [6, 6.07) is 7.59. The summed E-state index contributed by atoms with van der Waals surface area (Å²) in [5.41, 5.74) is 1.05. The fourth-order valence-electron chi connectivity index (χ4n) is 1.75. The van der Waals surface area contributed by atoms with Gasteiger partial charge >= 0.3 is 0 Å². The van der Waals surface area contributed by atoms with Crippen LogP contribution in [0.1, 0.15) is 31.7 Å². The minimum atomic E-state index is 0.106. The Balaban J connectivity index is 2.68. The Kier molecular flexibility index (Phi) is 6.32. The second kappa shape index (κ2) is 7.79. The van der Waals surface area contributed by atoms with Crippen molar-refractivity contribution < 1.29 is 4.79 Å². The van der Waals surface area contributed by atoms with Crippen molar-refractivity contribution in [1.29, 1.82) is 0 Å². The summed E-state index contributed by atoms with van der Waals surface area (Å²) >= 11 is 5.94. The number of nitrogens with zero attached hydrogens (tertiary/aromatic N) is 1. The zero-order valence-electron chi connectivity index (χ0n) is 10.7. The number of amides is 1. The fourth-order valence-corrected chi connectivity index (χ4v) is 1.97. The second-order valence-electron chi connectivity index (χ2n) is 4.15. The zero-order chi connectivity index (χ0) is 13.4. The number of hydrogen-bond donors (Lipinski definition) is 0. The summed E-state index contributed by atoms with van der Waals surface area (Å²) in [6.07, 6.45) is 7.03. The summed E-state index contributed by atoms with van der Waals surface area (Å²) in [7, 11) is 0. The molecule has 0 unspecified atom stereocenters. The number of carbonyl (C=O) groups excluding carboxylic acids is 1. The monoisotopic (exact) mass is 263 g/mol. The summed E-state index contributed by atoms with van der Waals surface area (Å²) in [4.78, 5) is 13.8. The molecule has 1 aromatic carbocycles. The molecule has 0 saturated carbocycles. The average Bonchev–Trinajstić information content (AvgIpc) is 2.35. The Morgan fingerprint density at radius 2 is 2.28 bits per heavy atom. The molecule has 0 fully saturated rings. The highest BCUT2D eigenvalue weighted by atomic mass is 35.5. The van der Waals surface area contributed by atoms with Crippen LogP contribution in [0.2, 0.25) is 5.02 Å². The molecule has 18 heavy (non-hydrogen) atoms. The summed E-state index contributed by atoms with van der Waals surface area (Å²) in [6.45, 7) is 3.40. The summed E-state index contributed by atoms with van der Waals surface area (Å²) < 4.78 is 0. The van der Waals surface area contributed by atoms with Gasteiger partial charge in [0.2, 0.25) is 5.91 Å². The largest absolute Gasteiger partial charge is 0.338 e. The topological polar surface area (TPSA) is 20.3 Å². The van der Waals surface area contributed by atoms with E-state index in [2.05, 4.69) is 12.8 Å². The van der Waals surface area contributed by atoms with Crippen molar-refractivity contribution in [2.24, 2.45) is 0 Å². The van der Waals surface area contributed by atoms with Crippen LogP contribution in [0.3, 0.4) is 0 Å². The van der Waals surface area contributed by atoms with E-state index in [9.17, 15) is 4.79 Å². The van der Waals surface area contributed by atoms with Gasteiger partial charge in [-0.25, -0.2) is 0 Å². The van der Waals surface area contributed by atoms with E-state index in [1.165, 1.54) is 0 Å². The van der Waals surface area contributed by atoms with Gasteiger partial charge in [0.15, 0.2) is 0 Å². The molecule has 2 nitrogen and oxygen atoms in total. The van der Waals surface area contributed by atoms with Crippen LogP contribution in [-0.2, 0) is 11.3 Å². The Labute approximate surface area is 114 Å². The third kappa shape index (κ3) is 4.81. The van der Waals surface area contributed by atoms with Crippen molar-refractivity contribution in [2.45, 2.75) is 32.7 Å². The predicted octanol–water partition coefficient (Wildman–Crippen LogP) is 3.49. The standard InChI is InChI=1S/C15H18ClNO/c1-3-5-9-15(18)17(10-4-2)12-13-7-6-8-14(16)11-13/h1,6-8,11H,4-5,9-10,12H2,2H3. The first-order valence-electron chi connectivity index (χ1n) is 6.13. The molecule has 0 saturated heterocycles. The van der Waals surface area contributed by atoms with E-state index in [1.807, 2.05) is 29.2 Å². The fraction of sp³-hybridized carbons (Fsp3) is 0.400.